The summed E-state index contributed by atoms with van der Waals surface area (Å²) in [6.07, 6.45) is 1.71. The van der Waals surface area contributed by atoms with E-state index in [9.17, 15) is 9.18 Å². The molecule has 6 heteroatoms. The first-order valence-corrected chi connectivity index (χ1v) is 8.40. The maximum Gasteiger partial charge on any atom is 0.196 e. The summed E-state index contributed by atoms with van der Waals surface area (Å²) in [4.78, 5) is 12.7. The molecule has 26 heavy (non-hydrogen) atoms. The Morgan fingerprint density at radius 2 is 1.92 bits per heavy atom. The number of Topliss-reactive ketones (excluding diaryl/α,β-unsaturated/α-hetero) is 1. The molecule has 0 saturated carbocycles. The van der Waals surface area contributed by atoms with Crippen molar-refractivity contribution in [1.29, 1.82) is 0 Å². The van der Waals surface area contributed by atoms with Gasteiger partial charge in [-0.2, -0.15) is 5.10 Å². The number of aryl methyl sites for hydroxylation is 1. The molecule has 1 aliphatic heterocycles. The maximum absolute atomic E-state index is 13.1. The van der Waals surface area contributed by atoms with Gasteiger partial charge in [0.05, 0.1) is 16.9 Å². The summed E-state index contributed by atoms with van der Waals surface area (Å²) in [5, 5.41) is 4.77. The van der Waals surface area contributed by atoms with E-state index in [0.29, 0.717) is 39.0 Å². The highest BCUT2D eigenvalue weighted by molar-refractivity contribution is 6.31. The number of hydrogen-bond donors (Lipinski definition) is 0. The van der Waals surface area contributed by atoms with Crippen LogP contribution in [0.1, 0.15) is 21.6 Å². The second kappa shape index (κ2) is 6.42. The van der Waals surface area contributed by atoms with Crippen LogP contribution in [0.5, 0.6) is 5.75 Å². The third-order valence-electron chi connectivity index (χ3n) is 4.24. The minimum Gasteiger partial charge on any atom is -0.488 e. The largest absolute Gasteiger partial charge is 0.488 e. The highest BCUT2D eigenvalue weighted by atomic mass is 35.5. The van der Waals surface area contributed by atoms with E-state index in [1.165, 1.54) is 16.8 Å². The van der Waals surface area contributed by atoms with Gasteiger partial charge < -0.3 is 4.74 Å². The fourth-order valence-electron chi connectivity index (χ4n) is 2.88. The van der Waals surface area contributed by atoms with Crippen LogP contribution in [0.15, 0.2) is 54.1 Å². The van der Waals surface area contributed by atoms with E-state index in [1.807, 2.05) is 6.07 Å². The van der Waals surface area contributed by atoms with Gasteiger partial charge in [0.25, 0.3) is 0 Å². The Morgan fingerprint density at radius 3 is 2.69 bits per heavy atom. The highest BCUT2D eigenvalue weighted by Gasteiger charge is 2.24. The predicted octanol–water partition coefficient (Wildman–Crippen LogP) is 4.63. The average molecular weight is 369 g/mol. The lowest BCUT2D eigenvalue weighted by Crippen LogP contribution is -2.18. The third kappa shape index (κ3) is 2.80. The van der Waals surface area contributed by atoms with Crippen molar-refractivity contribution in [2.24, 2.45) is 0 Å². The molecule has 4 nitrogen and oxygen atoms in total. The van der Waals surface area contributed by atoms with Crippen LogP contribution >= 0.6 is 11.6 Å². The van der Waals surface area contributed by atoms with Crippen LogP contribution in [0.3, 0.4) is 0 Å². The number of aromatic nitrogens is 2. The Kier molecular flexibility index (Phi) is 4.09. The van der Waals surface area contributed by atoms with Gasteiger partial charge in [-0.25, -0.2) is 9.07 Å². The summed E-state index contributed by atoms with van der Waals surface area (Å²) in [6, 6.07) is 13.0. The fraction of sp³-hybridized carbons (Fsp3) is 0.100. The lowest BCUT2D eigenvalue weighted by atomic mass is 9.99. The number of hydrogen-bond acceptors (Lipinski definition) is 3. The first kappa shape index (κ1) is 16.5. The topological polar surface area (TPSA) is 44.1 Å². The van der Waals surface area contributed by atoms with Crippen LogP contribution in [-0.4, -0.2) is 22.2 Å². The SMILES string of the molecule is Cc1nn(-c2ccc(F)cc2)c(Cl)c1/C=C1\COc2ccccc2C1=O. The second-order valence-electron chi connectivity index (χ2n) is 5.96. The number of nitrogens with zero attached hydrogens (tertiary/aromatic N) is 2. The Hall–Kier alpha value is -2.92. The van der Waals surface area contributed by atoms with E-state index in [4.69, 9.17) is 16.3 Å². The maximum atomic E-state index is 13.1. The van der Waals surface area contributed by atoms with Crippen molar-refractivity contribution in [3.05, 3.63) is 81.9 Å². The molecule has 1 aliphatic rings. The minimum atomic E-state index is -0.334. The molecule has 0 radical (unpaired) electrons. The molecule has 0 spiro atoms. The van der Waals surface area contributed by atoms with Crippen molar-refractivity contribution in [3.63, 3.8) is 0 Å². The molecule has 2 aromatic carbocycles. The summed E-state index contributed by atoms with van der Waals surface area (Å²) in [7, 11) is 0. The van der Waals surface area contributed by atoms with Crippen molar-refractivity contribution in [1.82, 2.24) is 9.78 Å². The number of benzene rings is 2. The van der Waals surface area contributed by atoms with Gasteiger partial charge in [0.15, 0.2) is 5.78 Å². The molecular weight excluding hydrogens is 355 g/mol. The van der Waals surface area contributed by atoms with Gasteiger partial charge in [0, 0.05) is 11.1 Å². The van der Waals surface area contributed by atoms with Crippen molar-refractivity contribution in [2.75, 3.05) is 6.61 Å². The van der Waals surface area contributed by atoms with Crippen LogP contribution < -0.4 is 4.74 Å². The summed E-state index contributed by atoms with van der Waals surface area (Å²) in [5.41, 5.74) is 2.98. The molecule has 0 saturated heterocycles. The molecule has 0 atom stereocenters. The van der Waals surface area contributed by atoms with Gasteiger partial charge in [-0.3, -0.25) is 4.79 Å². The smallest absolute Gasteiger partial charge is 0.196 e. The molecule has 0 fully saturated rings. The number of ketones is 1. The van der Waals surface area contributed by atoms with E-state index >= 15 is 0 Å². The van der Waals surface area contributed by atoms with Crippen LogP contribution in [-0.2, 0) is 0 Å². The molecule has 0 N–H and O–H groups in total. The molecule has 1 aromatic heterocycles. The van der Waals surface area contributed by atoms with E-state index in [0.717, 1.165) is 0 Å². The number of halogens is 2. The molecule has 0 amide bonds. The Balaban J connectivity index is 1.74. The number of para-hydroxylation sites is 1. The van der Waals surface area contributed by atoms with E-state index in [1.54, 1.807) is 43.3 Å². The lowest BCUT2D eigenvalue weighted by Gasteiger charge is -2.18. The molecule has 130 valence electrons. The van der Waals surface area contributed by atoms with Gasteiger partial charge in [0.2, 0.25) is 0 Å². The van der Waals surface area contributed by atoms with Crippen molar-refractivity contribution in [3.8, 4) is 11.4 Å². The van der Waals surface area contributed by atoms with Crippen molar-refractivity contribution < 1.29 is 13.9 Å². The van der Waals surface area contributed by atoms with Crippen LogP contribution in [0, 0.1) is 12.7 Å². The molecule has 3 aromatic rings. The Morgan fingerprint density at radius 1 is 1.19 bits per heavy atom. The first-order valence-electron chi connectivity index (χ1n) is 8.03. The number of carbonyl (C=O) groups is 1. The Labute approximate surface area is 154 Å². The molecule has 2 heterocycles. The van der Waals surface area contributed by atoms with Crippen LogP contribution in [0.4, 0.5) is 4.39 Å². The predicted molar refractivity (Wildman–Crippen MR) is 97.5 cm³/mol. The normalized spacial score (nSPS) is 15.0. The highest BCUT2D eigenvalue weighted by Crippen LogP contribution is 2.30. The number of ether oxygens (including phenoxy) is 1. The number of fused-ring (bicyclic) bond motifs is 1. The molecule has 4 rings (SSSR count). The summed E-state index contributed by atoms with van der Waals surface area (Å²) < 4.78 is 20.3. The van der Waals surface area contributed by atoms with E-state index in [-0.39, 0.29) is 18.2 Å². The van der Waals surface area contributed by atoms with Gasteiger partial charge in [0.1, 0.15) is 23.3 Å². The zero-order chi connectivity index (χ0) is 18.3. The fourth-order valence-corrected chi connectivity index (χ4v) is 3.21. The van der Waals surface area contributed by atoms with Gasteiger partial charge in [-0.1, -0.05) is 23.7 Å². The summed E-state index contributed by atoms with van der Waals surface area (Å²) >= 11 is 6.48. The zero-order valence-corrected chi connectivity index (χ0v) is 14.6. The molecule has 0 aliphatic carbocycles. The molecular formula is C20H14ClFN2O2. The summed E-state index contributed by atoms with van der Waals surface area (Å²) in [5.74, 6) is 0.163. The van der Waals surface area contributed by atoms with Crippen molar-refractivity contribution in [2.45, 2.75) is 6.92 Å². The quantitative estimate of drug-likeness (QED) is 0.619. The van der Waals surface area contributed by atoms with Crippen LogP contribution in [0.25, 0.3) is 11.8 Å². The average Bonchev–Trinajstić information content (AvgIpc) is 2.93. The third-order valence-corrected chi connectivity index (χ3v) is 4.61. The van der Waals surface area contributed by atoms with Crippen molar-refractivity contribution >= 4 is 23.5 Å². The van der Waals surface area contributed by atoms with Gasteiger partial charge >= 0.3 is 0 Å². The first-order chi connectivity index (χ1) is 12.5. The van der Waals surface area contributed by atoms with Gasteiger partial charge in [-0.05, 0) is 49.4 Å². The second-order valence-corrected chi connectivity index (χ2v) is 6.32. The van der Waals surface area contributed by atoms with E-state index < -0.39 is 0 Å². The minimum absolute atomic E-state index is 0.0863. The molecule has 0 bridgehead atoms. The summed E-state index contributed by atoms with van der Waals surface area (Å²) in [6.45, 7) is 1.98. The van der Waals surface area contributed by atoms with E-state index in [2.05, 4.69) is 5.10 Å². The van der Waals surface area contributed by atoms with Crippen LogP contribution in [0.2, 0.25) is 5.15 Å². The number of carbonyl (C=O) groups excluding carboxylic acids is 1. The zero-order valence-electron chi connectivity index (χ0n) is 13.9. The molecule has 0 unspecified atom stereocenters. The number of rotatable bonds is 2. The van der Waals surface area contributed by atoms with Gasteiger partial charge in [-0.15, -0.1) is 0 Å². The standard InChI is InChI=1S/C20H14ClFN2O2/c1-12-17(20(21)24(23-12)15-8-6-14(22)7-9-15)10-13-11-26-18-5-3-2-4-16(18)19(13)25/h2-10H,11H2,1H3/b13-10+. The Bertz CT molecular complexity index is 1040. The lowest BCUT2D eigenvalue weighted by molar-refractivity contribution is 0.100. The monoisotopic (exact) mass is 368 g/mol.